The van der Waals surface area contributed by atoms with E-state index in [1.54, 1.807) is 25.5 Å². The molecule has 1 saturated carbocycles. The highest BCUT2D eigenvalue weighted by Crippen LogP contribution is 2.29. The quantitative estimate of drug-likeness (QED) is 0.491. The highest BCUT2D eigenvalue weighted by Gasteiger charge is 2.20. The number of aryl methyl sites for hydroxylation is 1. The first-order chi connectivity index (χ1) is 15.4. The van der Waals surface area contributed by atoms with Crippen molar-refractivity contribution in [2.24, 2.45) is 13.0 Å². The van der Waals surface area contributed by atoms with Gasteiger partial charge < -0.3 is 20.1 Å². The van der Waals surface area contributed by atoms with Gasteiger partial charge in [-0.1, -0.05) is 0 Å². The Hall–Kier alpha value is -3.76. The van der Waals surface area contributed by atoms with Gasteiger partial charge in [0, 0.05) is 37.5 Å². The summed E-state index contributed by atoms with van der Waals surface area (Å²) in [6.07, 6.45) is 4.45. The van der Waals surface area contributed by atoms with Crippen molar-refractivity contribution in [2.75, 3.05) is 23.8 Å². The monoisotopic (exact) mass is 444 g/mol. The van der Waals surface area contributed by atoms with Gasteiger partial charge in [-0.2, -0.15) is 5.10 Å². The second-order valence-corrected chi connectivity index (χ2v) is 7.39. The normalized spacial score (nSPS) is 13.1. The number of hydrogen-bond donors (Lipinski definition) is 2. The molecule has 0 saturated heterocycles. The molecule has 3 aromatic rings. The molecule has 11 heteroatoms. The Kier molecular flexibility index (Phi) is 6.43. The van der Waals surface area contributed by atoms with Crippen LogP contribution in [0.4, 0.5) is 20.4 Å². The number of nitrogens with one attached hydrogen (secondary N) is 2. The molecule has 9 nitrogen and oxygen atoms in total. The summed E-state index contributed by atoms with van der Waals surface area (Å²) in [5.74, 6) is 1.61. The molecule has 2 N–H and O–H groups in total. The van der Waals surface area contributed by atoms with Crippen LogP contribution in [0.25, 0.3) is 0 Å². The summed E-state index contributed by atoms with van der Waals surface area (Å²) in [5.41, 5.74) is 0.146. The molecule has 0 aliphatic heterocycles. The number of halogens is 2. The molecule has 0 atom stereocenters. The van der Waals surface area contributed by atoms with Crippen molar-refractivity contribution in [1.82, 2.24) is 19.7 Å². The van der Waals surface area contributed by atoms with Crippen LogP contribution in [0.5, 0.6) is 17.4 Å². The van der Waals surface area contributed by atoms with Crippen molar-refractivity contribution in [2.45, 2.75) is 19.3 Å². The molecule has 1 aliphatic rings. The third kappa shape index (κ3) is 6.13. The maximum absolute atomic E-state index is 12.6. The van der Waals surface area contributed by atoms with Gasteiger partial charge in [-0.15, -0.1) is 0 Å². The molecule has 1 aromatic carbocycles. The van der Waals surface area contributed by atoms with Crippen LogP contribution in [0.2, 0.25) is 0 Å². The van der Waals surface area contributed by atoms with E-state index in [1.807, 2.05) is 0 Å². The smallest absolute Gasteiger partial charge is 0.272 e. The lowest BCUT2D eigenvalue weighted by Crippen LogP contribution is -2.13. The predicted octanol–water partition coefficient (Wildman–Crippen LogP) is 3.72. The van der Waals surface area contributed by atoms with Gasteiger partial charge in [-0.3, -0.25) is 9.48 Å². The van der Waals surface area contributed by atoms with Crippen LogP contribution < -0.4 is 20.1 Å². The predicted molar refractivity (Wildman–Crippen MR) is 112 cm³/mol. The summed E-state index contributed by atoms with van der Waals surface area (Å²) < 4.78 is 37.5. The summed E-state index contributed by atoms with van der Waals surface area (Å²) >= 11 is 0. The summed E-state index contributed by atoms with van der Waals surface area (Å²) in [5, 5.41) is 9.92. The maximum Gasteiger partial charge on any atom is 0.272 e. The van der Waals surface area contributed by atoms with Gasteiger partial charge in [0.15, 0.2) is 5.82 Å². The molecule has 1 aliphatic carbocycles. The first-order valence-electron chi connectivity index (χ1n) is 10.1. The summed E-state index contributed by atoms with van der Waals surface area (Å²) in [6, 6.07) is 5.83. The lowest BCUT2D eigenvalue weighted by Gasteiger charge is -2.12. The Morgan fingerprint density at radius 1 is 1.19 bits per heavy atom. The fourth-order valence-corrected chi connectivity index (χ4v) is 2.83. The maximum atomic E-state index is 12.6. The van der Waals surface area contributed by atoms with Crippen LogP contribution >= 0.6 is 0 Å². The minimum absolute atomic E-state index is 0.0599. The van der Waals surface area contributed by atoms with E-state index >= 15 is 0 Å². The molecule has 0 spiro atoms. The third-order valence-corrected chi connectivity index (χ3v) is 4.59. The zero-order valence-corrected chi connectivity index (χ0v) is 17.3. The van der Waals surface area contributed by atoms with Gasteiger partial charge in [0.1, 0.15) is 23.9 Å². The van der Waals surface area contributed by atoms with Gasteiger partial charge in [-0.25, -0.2) is 18.7 Å². The molecule has 0 bridgehead atoms. The Morgan fingerprint density at radius 3 is 2.66 bits per heavy atom. The lowest BCUT2D eigenvalue weighted by molar-refractivity contribution is 0.0817. The van der Waals surface area contributed by atoms with E-state index in [4.69, 9.17) is 9.47 Å². The first kappa shape index (κ1) is 21.5. The van der Waals surface area contributed by atoms with Crippen LogP contribution in [0.3, 0.4) is 0 Å². The largest absolute Gasteiger partial charge is 0.487 e. The molecule has 32 heavy (non-hydrogen) atoms. The fraction of sp³-hybridized carbons (Fsp3) is 0.333. The second kappa shape index (κ2) is 9.58. The number of alkyl halides is 2. The van der Waals surface area contributed by atoms with Gasteiger partial charge in [0.25, 0.3) is 12.3 Å². The average Bonchev–Trinajstić information content (AvgIpc) is 3.52. The van der Waals surface area contributed by atoms with Gasteiger partial charge in [-0.05, 0) is 30.9 Å². The van der Waals surface area contributed by atoms with Crippen molar-refractivity contribution < 1.29 is 23.0 Å². The van der Waals surface area contributed by atoms with Gasteiger partial charge in [0.05, 0.1) is 12.4 Å². The number of aromatic nitrogens is 4. The summed E-state index contributed by atoms with van der Waals surface area (Å²) in [7, 11) is 1.72. The van der Waals surface area contributed by atoms with E-state index in [-0.39, 0.29) is 22.9 Å². The molecular formula is C21H22F2N6O3. The zero-order chi connectivity index (χ0) is 22.5. The number of rotatable bonds is 10. The fourth-order valence-electron chi connectivity index (χ4n) is 2.83. The van der Waals surface area contributed by atoms with Crippen molar-refractivity contribution in [3.63, 3.8) is 0 Å². The molecule has 168 valence electrons. The van der Waals surface area contributed by atoms with Crippen LogP contribution in [0.15, 0.2) is 42.9 Å². The third-order valence-electron chi connectivity index (χ3n) is 4.59. The van der Waals surface area contributed by atoms with Gasteiger partial charge in [0.2, 0.25) is 5.88 Å². The highest BCUT2D eigenvalue weighted by atomic mass is 19.3. The zero-order valence-electron chi connectivity index (χ0n) is 17.3. The number of amides is 1. The number of ether oxygens (including phenoxy) is 2. The van der Waals surface area contributed by atoms with E-state index in [1.165, 1.54) is 41.9 Å². The topological polar surface area (TPSA) is 103 Å². The number of anilines is 2. The lowest BCUT2D eigenvalue weighted by atomic mass is 10.2. The Morgan fingerprint density at radius 2 is 2.00 bits per heavy atom. The highest BCUT2D eigenvalue weighted by molar-refractivity contribution is 6.04. The molecular weight excluding hydrogens is 422 g/mol. The van der Waals surface area contributed by atoms with Crippen molar-refractivity contribution in [3.8, 4) is 17.4 Å². The van der Waals surface area contributed by atoms with E-state index < -0.39 is 18.9 Å². The van der Waals surface area contributed by atoms with Gasteiger partial charge >= 0.3 is 0 Å². The first-order valence-corrected chi connectivity index (χ1v) is 10.1. The number of carbonyl (C=O) groups excluding carboxylic acids is 1. The standard InChI is InChI=1S/C21H22F2N6O3/c1-29-5-4-18(28-29)27-21(30)14-6-15(31-12-17(22)23)8-16(7-14)32-20-11-25-19(10-26-20)24-9-13-2-3-13/h4-8,10-11,13,17H,2-3,9,12H2,1H3,(H,24,25)(H,27,28,30). The number of nitrogens with zero attached hydrogens (tertiary/aromatic N) is 4. The summed E-state index contributed by atoms with van der Waals surface area (Å²) in [4.78, 5) is 21.1. The van der Waals surface area contributed by atoms with E-state index in [0.717, 1.165) is 6.54 Å². The minimum atomic E-state index is -2.66. The molecule has 2 aromatic heterocycles. The van der Waals surface area contributed by atoms with E-state index in [9.17, 15) is 13.6 Å². The van der Waals surface area contributed by atoms with E-state index in [2.05, 4.69) is 25.7 Å². The average molecular weight is 444 g/mol. The van der Waals surface area contributed by atoms with Crippen molar-refractivity contribution in [1.29, 1.82) is 0 Å². The molecule has 0 unspecified atom stereocenters. The summed E-state index contributed by atoms with van der Waals surface area (Å²) in [6.45, 7) is 0.0407. The van der Waals surface area contributed by atoms with Crippen LogP contribution in [-0.2, 0) is 7.05 Å². The van der Waals surface area contributed by atoms with Crippen molar-refractivity contribution in [3.05, 3.63) is 48.4 Å². The Bertz CT molecular complexity index is 1070. The number of benzene rings is 1. The Labute approximate surface area is 182 Å². The van der Waals surface area contributed by atoms with Crippen molar-refractivity contribution >= 4 is 17.5 Å². The molecule has 2 heterocycles. The molecule has 4 rings (SSSR count). The second-order valence-electron chi connectivity index (χ2n) is 7.39. The van der Waals surface area contributed by atoms with Crippen LogP contribution in [0, 0.1) is 5.92 Å². The van der Waals surface area contributed by atoms with E-state index in [0.29, 0.717) is 17.6 Å². The van der Waals surface area contributed by atoms with Crippen LogP contribution in [-0.4, -0.2) is 45.2 Å². The Balaban J connectivity index is 1.49. The molecule has 0 radical (unpaired) electrons. The SMILES string of the molecule is Cn1ccc(NC(=O)c2cc(OCC(F)F)cc(Oc3cnc(NCC4CC4)cn3)c2)n1. The molecule has 1 amide bonds. The molecule has 1 fully saturated rings. The minimum Gasteiger partial charge on any atom is -0.487 e. The number of hydrogen-bond acceptors (Lipinski definition) is 7. The number of carbonyl (C=O) groups is 1. The van der Waals surface area contributed by atoms with Crippen LogP contribution in [0.1, 0.15) is 23.2 Å².